The smallest absolute Gasteiger partial charge is 0.254 e. The molecule has 0 spiro atoms. The van der Waals surface area contributed by atoms with E-state index < -0.39 is 5.91 Å². The number of nitrogens with two attached hydrogens (primary N) is 1. The molecule has 2 amide bonds. The first-order chi connectivity index (χ1) is 12.7. The van der Waals surface area contributed by atoms with Crippen LogP contribution >= 0.6 is 0 Å². The van der Waals surface area contributed by atoms with E-state index in [1.54, 1.807) is 30.5 Å². The molecule has 26 heavy (non-hydrogen) atoms. The van der Waals surface area contributed by atoms with Crippen LogP contribution in [0.15, 0.2) is 54.7 Å². The number of rotatable bonds is 5. The third-order valence-corrected chi connectivity index (χ3v) is 3.75. The largest absolute Gasteiger partial charge is 0.480 e. The van der Waals surface area contributed by atoms with Gasteiger partial charge < -0.3 is 20.8 Å². The van der Waals surface area contributed by atoms with Gasteiger partial charge in [0.2, 0.25) is 0 Å². The van der Waals surface area contributed by atoms with Crippen molar-refractivity contribution in [1.29, 1.82) is 0 Å². The molecule has 0 fully saturated rings. The lowest BCUT2D eigenvalue weighted by atomic mass is 10.1. The number of aromatic nitrogens is 1. The minimum Gasteiger partial charge on any atom is -0.480 e. The maximum Gasteiger partial charge on any atom is 0.254 e. The number of carbonyl (C=O) groups is 2. The first kappa shape index (κ1) is 17.1. The summed E-state index contributed by atoms with van der Waals surface area (Å²) in [5, 5.41) is 3.61. The van der Waals surface area contributed by atoms with Gasteiger partial charge in [-0.05, 0) is 18.2 Å². The third-order valence-electron chi connectivity index (χ3n) is 3.75. The zero-order chi connectivity index (χ0) is 18.4. The van der Waals surface area contributed by atoms with Gasteiger partial charge in [0.05, 0.1) is 17.7 Å². The van der Waals surface area contributed by atoms with Gasteiger partial charge in [0.15, 0.2) is 0 Å². The van der Waals surface area contributed by atoms with Gasteiger partial charge in [-0.1, -0.05) is 42.2 Å². The van der Waals surface area contributed by atoms with Crippen LogP contribution in [0.25, 0.3) is 10.9 Å². The van der Waals surface area contributed by atoms with Gasteiger partial charge in [-0.15, -0.1) is 0 Å². The SMILES string of the molecule is NC(=O)c1ccccc1OCC#CCNC(=O)c1c[nH]c2ccccc12. The van der Waals surface area contributed by atoms with Crippen LogP contribution in [0.2, 0.25) is 0 Å². The molecule has 6 nitrogen and oxygen atoms in total. The number of nitrogens with one attached hydrogen (secondary N) is 2. The number of aromatic amines is 1. The van der Waals surface area contributed by atoms with Crippen LogP contribution < -0.4 is 15.8 Å². The zero-order valence-electron chi connectivity index (χ0n) is 13.9. The molecule has 6 heteroatoms. The molecule has 0 bridgehead atoms. The fourth-order valence-electron chi connectivity index (χ4n) is 2.50. The Morgan fingerprint density at radius 1 is 1.04 bits per heavy atom. The van der Waals surface area contributed by atoms with E-state index in [0.717, 1.165) is 10.9 Å². The Labute approximate surface area is 150 Å². The lowest BCUT2D eigenvalue weighted by Crippen LogP contribution is -2.23. The summed E-state index contributed by atoms with van der Waals surface area (Å²) in [5.41, 5.74) is 7.07. The maximum atomic E-state index is 12.2. The van der Waals surface area contributed by atoms with Gasteiger partial charge in [0.1, 0.15) is 12.4 Å². The number of fused-ring (bicyclic) bond motifs is 1. The van der Waals surface area contributed by atoms with E-state index in [0.29, 0.717) is 16.9 Å². The summed E-state index contributed by atoms with van der Waals surface area (Å²) < 4.78 is 5.44. The Morgan fingerprint density at radius 3 is 2.65 bits per heavy atom. The molecular formula is C20H17N3O3. The molecule has 4 N–H and O–H groups in total. The fourth-order valence-corrected chi connectivity index (χ4v) is 2.50. The number of carbonyl (C=O) groups excluding carboxylic acids is 2. The van der Waals surface area contributed by atoms with Crippen LogP contribution in [-0.4, -0.2) is 29.9 Å². The first-order valence-electron chi connectivity index (χ1n) is 7.98. The summed E-state index contributed by atoms with van der Waals surface area (Å²) in [6.45, 7) is 0.284. The quantitative estimate of drug-likeness (QED) is 0.616. The van der Waals surface area contributed by atoms with Gasteiger partial charge in [-0.3, -0.25) is 9.59 Å². The average Bonchev–Trinajstić information content (AvgIpc) is 3.09. The molecular weight excluding hydrogens is 330 g/mol. The molecule has 0 saturated heterocycles. The second-order valence-electron chi connectivity index (χ2n) is 5.43. The minimum absolute atomic E-state index is 0.0905. The molecule has 0 atom stereocenters. The van der Waals surface area contributed by atoms with Crippen LogP contribution in [0.3, 0.4) is 0 Å². The molecule has 3 rings (SSSR count). The van der Waals surface area contributed by atoms with E-state index in [4.69, 9.17) is 10.5 Å². The Bertz CT molecular complexity index is 1010. The van der Waals surface area contributed by atoms with Crippen molar-refractivity contribution in [3.63, 3.8) is 0 Å². The average molecular weight is 347 g/mol. The molecule has 1 heterocycles. The number of primary amides is 1. The highest BCUT2D eigenvalue weighted by Crippen LogP contribution is 2.17. The van der Waals surface area contributed by atoms with Crippen LogP contribution in [0.1, 0.15) is 20.7 Å². The van der Waals surface area contributed by atoms with Crippen LogP contribution in [0, 0.1) is 11.8 Å². The van der Waals surface area contributed by atoms with Crippen LogP contribution in [0.4, 0.5) is 0 Å². The molecule has 130 valence electrons. The third kappa shape index (κ3) is 3.84. The first-order valence-corrected chi connectivity index (χ1v) is 7.98. The van der Waals surface area contributed by atoms with E-state index >= 15 is 0 Å². The molecule has 1 aromatic heterocycles. The number of benzene rings is 2. The van der Waals surface area contributed by atoms with Crippen LogP contribution in [-0.2, 0) is 0 Å². The maximum absolute atomic E-state index is 12.2. The van der Waals surface area contributed by atoms with Crippen molar-refractivity contribution >= 4 is 22.7 Å². The molecule has 2 aromatic carbocycles. The number of hydrogen-bond acceptors (Lipinski definition) is 3. The van der Waals surface area contributed by atoms with E-state index in [9.17, 15) is 9.59 Å². The topological polar surface area (TPSA) is 97.2 Å². The lowest BCUT2D eigenvalue weighted by Gasteiger charge is -2.05. The minimum atomic E-state index is -0.556. The Morgan fingerprint density at radius 2 is 1.81 bits per heavy atom. The Hall–Kier alpha value is -3.72. The van der Waals surface area contributed by atoms with Crippen molar-refractivity contribution in [3.05, 3.63) is 65.9 Å². The number of amides is 2. The van der Waals surface area contributed by atoms with Crippen molar-refractivity contribution in [2.75, 3.05) is 13.2 Å². The van der Waals surface area contributed by atoms with Gasteiger partial charge in [0.25, 0.3) is 11.8 Å². The summed E-state index contributed by atoms with van der Waals surface area (Å²) in [6.07, 6.45) is 1.68. The zero-order valence-corrected chi connectivity index (χ0v) is 13.9. The molecule has 3 aromatic rings. The summed E-state index contributed by atoms with van der Waals surface area (Å²) in [4.78, 5) is 26.6. The monoisotopic (exact) mass is 347 g/mol. The Balaban J connectivity index is 1.52. The van der Waals surface area contributed by atoms with Gasteiger partial charge >= 0.3 is 0 Å². The molecule has 0 aliphatic heterocycles. The van der Waals surface area contributed by atoms with Crippen molar-refractivity contribution < 1.29 is 14.3 Å². The number of para-hydroxylation sites is 2. The van der Waals surface area contributed by atoms with E-state index in [1.807, 2.05) is 24.3 Å². The predicted octanol–water partition coefficient (Wildman–Crippen LogP) is 2.08. The number of H-pyrrole nitrogens is 1. The summed E-state index contributed by atoms with van der Waals surface area (Å²) in [7, 11) is 0. The summed E-state index contributed by atoms with van der Waals surface area (Å²) in [6, 6.07) is 14.3. The molecule has 0 radical (unpaired) electrons. The molecule has 0 aliphatic rings. The number of hydrogen-bond donors (Lipinski definition) is 3. The van der Waals surface area contributed by atoms with Crippen molar-refractivity contribution in [2.45, 2.75) is 0 Å². The molecule has 0 aliphatic carbocycles. The second-order valence-corrected chi connectivity index (χ2v) is 5.43. The van der Waals surface area contributed by atoms with E-state index in [-0.39, 0.29) is 19.1 Å². The van der Waals surface area contributed by atoms with Crippen molar-refractivity contribution in [3.8, 4) is 17.6 Å². The van der Waals surface area contributed by atoms with Gasteiger partial charge in [-0.25, -0.2) is 0 Å². The van der Waals surface area contributed by atoms with Crippen LogP contribution in [0.5, 0.6) is 5.75 Å². The molecule has 0 unspecified atom stereocenters. The fraction of sp³-hybridized carbons (Fsp3) is 0.100. The van der Waals surface area contributed by atoms with Gasteiger partial charge in [-0.2, -0.15) is 0 Å². The highest BCUT2D eigenvalue weighted by molar-refractivity contribution is 6.06. The predicted molar refractivity (Wildman–Crippen MR) is 98.9 cm³/mol. The lowest BCUT2D eigenvalue weighted by molar-refractivity contribution is 0.0958. The summed E-state index contributed by atoms with van der Waals surface area (Å²) >= 11 is 0. The second kappa shape index (κ2) is 7.90. The highest BCUT2D eigenvalue weighted by Gasteiger charge is 2.10. The normalized spacial score (nSPS) is 10.0. The highest BCUT2D eigenvalue weighted by atomic mass is 16.5. The Kier molecular flexibility index (Phi) is 5.20. The molecule has 0 saturated carbocycles. The van der Waals surface area contributed by atoms with E-state index in [1.165, 1.54) is 0 Å². The number of ether oxygens (including phenoxy) is 1. The summed E-state index contributed by atoms with van der Waals surface area (Å²) in [5.74, 6) is 5.24. The van der Waals surface area contributed by atoms with Crippen molar-refractivity contribution in [1.82, 2.24) is 10.3 Å². The van der Waals surface area contributed by atoms with Crippen molar-refractivity contribution in [2.24, 2.45) is 5.73 Å². The van der Waals surface area contributed by atoms with Gasteiger partial charge in [0, 0.05) is 17.1 Å². The van der Waals surface area contributed by atoms with E-state index in [2.05, 4.69) is 22.1 Å². The standard InChI is InChI=1S/C20H17N3O3/c21-19(24)15-8-2-4-10-18(15)26-12-6-5-11-22-20(25)16-13-23-17-9-3-1-7-14(16)17/h1-4,7-10,13,23H,11-12H2,(H2,21,24)(H,22,25).